The van der Waals surface area contributed by atoms with Crippen LogP contribution in [0.2, 0.25) is 5.02 Å². The third kappa shape index (κ3) is 2.08. The zero-order valence-electron chi connectivity index (χ0n) is 13.1. The first kappa shape index (κ1) is 15.0. The molecule has 2 N–H and O–H groups in total. The Morgan fingerprint density at radius 2 is 2.04 bits per heavy atom. The first-order valence-corrected chi connectivity index (χ1v) is 8.06. The van der Waals surface area contributed by atoms with Gasteiger partial charge in [-0.2, -0.15) is 0 Å². The van der Waals surface area contributed by atoms with E-state index in [1.165, 1.54) is 4.90 Å². The van der Waals surface area contributed by atoms with Crippen LogP contribution in [-0.2, 0) is 10.3 Å². The second kappa shape index (κ2) is 5.24. The van der Waals surface area contributed by atoms with Gasteiger partial charge in [0.15, 0.2) is 11.5 Å². The fourth-order valence-electron chi connectivity index (χ4n) is 3.31. The Morgan fingerprint density at radius 1 is 1.25 bits per heavy atom. The maximum Gasteiger partial charge on any atom is 0.261 e. The van der Waals surface area contributed by atoms with Crippen molar-refractivity contribution >= 4 is 23.5 Å². The number of hydrogen-bond acceptors (Lipinski definition) is 4. The van der Waals surface area contributed by atoms with Crippen LogP contribution < -0.4 is 10.5 Å². The van der Waals surface area contributed by atoms with Crippen molar-refractivity contribution in [2.75, 3.05) is 13.7 Å². The Labute approximate surface area is 144 Å². The molecule has 0 saturated heterocycles. The van der Waals surface area contributed by atoms with Crippen LogP contribution in [0.15, 0.2) is 47.5 Å². The minimum Gasteiger partial charge on any atom is -0.493 e. The minimum absolute atomic E-state index is 0.118. The molecular formula is C18H16ClN3O2. The van der Waals surface area contributed by atoms with Gasteiger partial charge in [-0.3, -0.25) is 9.69 Å². The zero-order valence-corrected chi connectivity index (χ0v) is 13.9. The third-order valence-corrected chi connectivity index (χ3v) is 4.85. The summed E-state index contributed by atoms with van der Waals surface area (Å²) in [5.41, 5.74) is 7.59. The lowest BCUT2D eigenvalue weighted by Crippen LogP contribution is -2.42. The monoisotopic (exact) mass is 341 g/mol. The predicted octanol–water partition coefficient (Wildman–Crippen LogP) is 2.77. The molecule has 0 aliphatic carbocycles. The average Bonchev–Trinajstić information content (AvgIpc) is 2.80. The summed E-state index contributed by atoms with van der Waals surface area (Å²) >= 11 is 6.10. The first-order valence-electron chi connectivity index (χ1n) is 7.68. The molecule has 4 rings (SSSR count). The number of amides is 1. The van der Waals surface area contributed by atoms with Crippen LogP contribution in [0.5, 0.6) is 5.75 Å². The second-order valence-electron chi connectivity index (χ2n) is 6.01. The fourth-order valence-corrected chi connectivity index (χ4v) is 3.50. The summed E-state index contributed by atoms with van der Waals surface area (Å²) in [5.74, 6) is 0.793. The number of carbonyl (C=O) groups excluding carboxylic acids is 1. The normalized spacial score (nSPS) is 22.3. The standard InChI is InChI=1S/C18H16ClN3O2/c1-22-16(23)18(21-17(22)20)7-8-24-15-6-5-12(10-14(15)18)11-3-2-4-13(19)9-11/h2-6,9-10H,7-8H2,1H3,(H2,20,21)/t18-/m1/s1. The van der Waals surface area contributed by atoms with Crippen LogP contribution in [0.4, 0.5) is 0 Å². The lowest BCUT2D eigenvalue weighted by molar-refractivity contribution is -0.131. The number of hydrogen-bond donors (Lipinski definition) is 1. The molecule has 0 bridgehead atoms. The van der Waals surface area contributed by atoms with Gasteiger partial charge in [0.25, 0.3) is 5.91 Å². The van der Waals surface area contributed by atoms with Crippen molar-refractivity contribution in [3.63, 3.8) is 0 Å². The van der Waals surface area contributed by atoms with Gasteiger partial charge in [-0.05, 0) is 35.4 Å². The number of carbonyl (C=O) groups is 1. The van der Waals surface area contributed by atoms with E-state index < -0.39 is 5.54 Å². The Kier molecular flexibility index (Phi) is 3.28. The Balaban J connectivity index is 1.89. The quantitative estimate of drug-likeness (QED) is 0.867. The third-order valence-electron chi connectivity index (χ3n) is 4.61. The Morgan fingerprint density at radius 3 is 2.75 bits per heavy atom. The number of nitrogens with zero attached hydrogens (tertiary/aromatic N) is 2. The zero-order chi connectivity index (χ0) is 16.9. The Bertz CT molecular complexity index is 880. The molecule has 2 heterocycles. The minimum atomic E-state index is -0.985. The van der Waals surface area contributed by atoms with Gasteiger partial charge < -0.3 is 10.5 Å². The molecule has 2 aliphatic heterocycles. The van der Waals surface area contributed by atoms with Gasteiger partial charge in [-0.15, -0.1) is 0 Å². The molecular weight excluding hydrogens is 326 g/mol. The number of guanidine groups is 1. The van der Waals surface area contributed by atoms with E-state index in [1.807, 2.05) is 42.5 Å². The van der Waals surface area contributed by atoms with E-state index in [1.54, 1.807) is 7.05 Å². The number of benzene rings is 2. The van der Waals surface area contributed by atoms with Crippen LogP contribution >= 0.6 is 11.6 Å². The Hall–Kier alpha value is -2.53. The number of rotatable bonds is 1. The van der Waals surface area contributed by atoms with E-state index >= 15 is 0 Å². The molecule has 1 atom stereocenters. The molecule has 0 radical (unpaired) electrons. The number of halogens is 1. The molecule has 24 heavy (non-hydrogen) atoms. The van der Waals surface area contributed by atoms with E-state index in [4.69, 9.17) is 22.1 Å². The molecule has 0 saturated carbocycles. The molecule has 0 aromatic heterocycles. The topological polar surface area (TPSA) is 67.9 Å². The second-order valence-corrected chi connectivity index (χ2v) is 6.45. The maximum absolute atomic E-state index is 12.8. The highest BCUT2D eigenvalue weighted by Gasteiger charge is 2.51. The molecule has 2 aliphatic rings. The van der Waals surface area contributed by atoms with Gasteiger partial charge in [0.1, 0.15) is 5.75 Å². The van der Waals surface area contributed by atoms with Crippen LogP contribution in [0.3, 0.4) is 0 Å². The number of likely N-dealkylation sites (N-methyl/N-ethyl adjacent to an activating group) is 1. The maximum atomic E-state index is 12.8. The lowest BCUT2D eigenvalue weighted by Gasteiger charge is -2.32. The summed E-state index contributed by atoms with van der Waals surface area (Å²) in [6.07, 6.45) is 0.475. The van der Waals surface area contributed by atoms with Crippen molar-refractivity contribution in [2.45, 2.75) is 12.0 Å². The summed E-state index contributed by atoms with van der Waals surface area (Å²) < 4.78 is 5.74. The summed E-state index contributed by atoms with van der Waals surface area (Å²) in [4.78, 5) is 18.7. The van der Waals surface area contributed by atoms with Crippen LogP contribution in [0.25, 0.3) is 11.1 Å². The summed E-state index contributed by atoms with van der Waals surface area (Å²) in [6.45, 7) is 0.430. The van der Waals surface area contributed by atoms with Crippen LogP contribution in [-0.4, -0.2) is 30.4 Å². The average molecular weight is 342 g/mol. The number of ether oxygens (including phenoxy) is 1. The van der Waals surface area contributed by atoms with E-state index in [-0.39, 0.29) is 11.9 Å². The predicted molar refractivity (Wildman–Crippen MR) is 93.1 cm³/mol. The molecule has 5 nitrogen and oxygen atoms in total. The summed E-state index contributed by atoms with van der Waals surface area (Å²) in [5, 5.41) is 0.662. The van der Waals surface area contributed by atoms with Gasteiger partial charge >= 0.3 is 0 Å². The van der Waals surface area contributed by atoms with Gasteiger partial charge in [0, 0.05) is 24.1 Å². The van der Waals surface area contributed by atoms with Crippen molar-refractivity contribution in [3.05, 3.63) is 53.1 Å². The lowest BCUT2D eigenvalue weighted by atomic mass is 9.83. The fraction of sp³-hybridized carbons (Fsp3) is 0.222. The molecule has 0 fully saturated rings. The SMILES string of the molecule is CN1C(=O)[C@]2(CCOc3ccc(-c4cccc(Cl)c4)cc32)N=C1N. The molecule has 0 unspecified atom stereocenters. The summed E-state index contributed by atoms with van der Waals surface area (Å²) in [7, 11) is 1.64. The molecule has 122 valence electrons. The highest BCUT2D eigenvalue weighted by atomic mass is 35.5. The number of aliphatic imine (C=N–C) groups is 1. The van der Waals surface area contributed by atoms with E-state index in [9.17, 15) is 4.79 Å². The molecule has 2 aromatic rings. The smallest absolute Gasteiger partial charge is 0.261 e. The highest BCUT2D eigenvalue weighted by Crippen LogP contribution is 2.45. The van der Waals surface area contributed by atoms with Crippen molar-refractivity contribution in [2.24, 2.45) is 10.7 Å². The molecule has 1 amide bonds. The molecule has 2 aromatic carbocycles. The first-order chi connectivity index (χ1) is 11.5. The van der Waals surface area contributed by atoms with Crippen molar-refractivity contribution in [1.29, 1.82) is 0 Å². The van der Waals surface area contributed by atoms with E-state index in [0.29, 0.717) is 23.8 Å². The van der Waals surface area contributed by atoms with Crippen LogP contribution in [0.1, 0.15) is 12.0 Å². The van der Waals surface area contributed by atoms with Gasteiger partial charge in [0.05, 0.1) is 6.61 Å². The van der Waals surface area contributed by atoms with Crippen LogP contribution in [0, 0.1) is 0 Å². The molecule has 6 heteroatoms. The van der Waals surface area contributed by atoms with Crippen molar-refractivity contribution in [1.82, 2.24) is 4.90 Å². The van der Waals surface area contributed by atoms with Crippen molar-refractivity contribution in [3.8, 4) is 16.9 Å². The molecule has 1 spiro atoms. The van der Waals surface area contributed by atoms with E-state index in [2.05, 4.69) is 4.99 Å². The van der Waals surface area contributed by atoms with E-state index in [0.717, 1.165) is 16.7 Å². The van der Waals surface area contributed by atoms with Gasteiger partial charge in [-0.25, -0.2) is 4.99 Å². The van der Waals surface area contributed by atoms with Gasteiger partial charge in [0.2, 0.25) is 0 Å². The largest absolute Gasteiger partial charge is 0.493 e. The summed E-state index contributed by atoms with van der Waals surface area (Å²) in [6, 6.07) is 13.4. The van der Waals surface area contributed by atoms with Gasteiger partial charge in [-0.1, -0.05) is 29.8 Å². The highest BCUT2D eigenvalue weighted by molar-refractivity contribution is 6.30. The van der Waals surface area contributed by atoms with Crippen molar-refractivity contribution < 1.29 is 9.53 Å². The number of nitrogens with two attached hydrogens (primary N) is 1. The number of fused-ring (bicyclic) bond motifs is 2.